The zero-order chi connectivity index (χ0) is 23.1. The Balaban J connectivity index is 1.52. The number of ether oxygens (including phenoxy) is 1. The molecule has 0 spiro atoms. The Labute approximate surface area is 193 Å². The molecule has 0 bridgehead atoms. The van der Waals surface area contributed by atoms with Gasteiger partial charge in [-0.3, -0.25) is 19.2 Å². The van der Waals surface area contributed by atoms with Gasteiger partial charge in [0.25, 0.3) is 11.5 Å². The van der Waals surface area contributed by atoms with Crippen molar-refractivity contribution in [3.8, 4) is 0 Å². The van der Waals surface area contributed by atoms with Crippen molar-refractivity contribution < 1.29 is 9.53 Å². The number of carbonyl (C=O) groups excluding carboxylic acids is 1. The summed E-state index contributed by atoms with van der Waals surface area (Å²) in [6.45, 7) is 12.2. The normalized spacial score (nSPS) is 18.6. The Bertz CT molecular complexity index is 1230. The van der Waals surface area contributed by atoms with Crippen molar-refractivity contribution in [2.24, 2.45) is 5.92 Å². The molecule has 2 aliphatic heterocycles. The first-order valence-corrected chi connectivity index (χ1v) is 12.1. The van der Waals surface area contributed by atoms with Gasteiger partial charge < -0.3 is 14.6 Å². The fraction of sp³-hybridized carbons (Fsp3) is 0.560. The first kappa shape index (κ1) is 22.1. The minimum absolute atomic E-state index is 0.0649. The molecule has 0 saturated carbocycles. The molecule has 1 N–H and O–H groups in total. The number of aromatic amines is 1. The third kappa shape index (κ3) is 4.17. The van der Waals surface area contributed by atoms with Crippen LogP contribution in [0.5, 0.6) is 0 Å². The number of rotatable bonds is 4. The molecule has 8 nitrogen and oxygen atoms in total. The van der Waals surface area contributed by atoms with Crippen molar-refractivity contribution in [2.45, 2.75) is 39.7 Å². The molecule has 3 aromatic rings. The number of aryl methyl sites for hydroxylation is 1. The molecule has 0 radical (unpaired) electrons. The standard InChI is InChI=1S/C25H33N5O3/c1-16(2)15-28-6-8-29(9-7-28)25(32)19-13-20-22(12-17(19)3)27-24(31)21-14-26-30(23(20)21)18-4-10-33-11-5-18/h12-14,16,18H,4-11,15H2,1-3H3,(H,27,31). The van der Waals surface area contributed by atoms with Crippen LogP contribution in [0.25, 0.3) is 21.8 Å². The van der Waals surface area contributed by atoms with Gasteiger partial charge in [0.1, 0.15) is 0 Å². The minimum Gasteiger partial charge on any atom is -0.381 e. The van der Waals surface area contributed by atoms with Crippen molar-refractivity contribution in [2.75, 3.05) is 45.9 Å². The third-order valence-electron chi connectivity index (χ3n) is 6.96. The Morgan fingerprint density at radius 1 is 1.15 bits per heavy atom. The number of carbonyl (C=O) groups is 1. The number of aromatic nitrogens is 3. The monoisotopic (exact) mass is 451 g/mol. The van der Waals surface area contributed by atoms with E-state index in [2.05, 4.69) is 28.8 Å². The lowest BCUT2D eigenvalue weighted by atomic mass is 10.0. The first-order chi connectivity index (χ1) is 15.9. The van der Waals surface area contributed by atoms with Crippen LogP contribution in [0.1, 0.15) is 48.7 Å². The zero-order valence-electron chi connectivity index (χ0n) is 19.8. The summed E-state index contributed by atoms with van der Waals surface area (Å²) >= 11 is 0. The molecule has 5 rings (SSSR count). The number of pyridine rings is 1. The van der Waals surface area contributed by atoms with Gasteiger partial charge in [0.05, 0.1) is 28.7 Å². The highest BCUT2D eigenvalue weighted by atomic mass is 16.5. The summed E-state index contributed by atoms with van der Waals surface area (Å²) in [5.41, 5.74) is 3.00. The van der Waals surface area contributed by atoms with Crippen LogP contribution < -0.4 is 5.56 Å². The van der Waals surface area contributed by atoms with Crippen LogP contribution in [0.3, 0.4) is 0 Å². The predicted octanol–water partition coefficient (Wildman–Crippen LogP) is 2.95. The Kier molecular flexibility index (Phi) is 5.97. The van der Waals surface area contributed by atoms with Crippen molar-refractivity contribution in [1.82, 2.24) is 24.6 Å². The van der Waals surface area contributed by atoms with Gasteiger partial charge in [-0.15, -0.1) is 0 Å². The molecule has 2 fully saturated rings. The van der Waals surface area contributed by atoms with E-state index < -0.39 is 0 Å². The summed E-state index contributed by atoms with van der Waals surface area (Å²) in [4.78, 5) is 33.7. The highest BCUT2D eigenvalue weighted by Gasteiger charge is 2.26. The molecule has 2 aromatic heterocycles. The number of nitrogens with zero attached hydrogens (tertiary/aromatic N) is 4. The summed E-state index contributed by atoms with van der Waals surface area (Å²) in [7, 11) is 0. The van der Waals surface area contributed by atoms with E-state index in [4.69, 9.17) is 4.74 Å². The number of fused-ring (bicyclic) bond motifs is 3. The van der Waals surface area contributed by atoms with E-state index in [1.807, 2.05) is 28.6 Å². The van der Waals surface area contributed by atoms with E-state index in [1.54, 1.807) is 6.20 Å². The largest absolute Gasteiger partial charge is 0.381 e. The van der Waals surface area contributed by atoms with E-state index in [1.165, 1.54) is 0 Å². The Morgan fingerprint density at radius 2 is 1.88 bits per heavy atom. The molecule has 1 aromatic carbocycles. The number of hydrogen-bond acceptors (Lipinski definition) is 5. The molecule has 0 unspecified atom stereocenters. The second-order valence-corrected chi connectivity index (χ2v) is 9.85. The second kappa shape index (κ2) is 8.91. The third-order valence-corrected chi connectivity index (χ3v) is 6.96. The fourth-order valence-electron chi connectivity index (χ4n) is 5.25. The SMILES string of the molecule is Cc1cc2[nH]c(=O)c3cnn(C4CCOCC4)c3c2cc1C(=O)N1CCN(CC(C)C)CC1. The molecule has 33 heavy (non-hydrogen) atoms. The molecule has 176 valence electrons. The lowest BCUT2D eigenvalue weighted by molar-refractivity contribution is 0.0623. The number of H-pyrrole nitrogens is 1. The highest BCUT2D eigenvalue weighted by molar-refractivity contribution is 6.07. The van der Waals surface area contributed by atoms with Crippen LogP contribution in [-0.4, -0.2) is 76.4 Å². The maximum atomic E-state index is 13.5. The van der Waals surface area contributed by atoms with Crippen LogP contribution in [0.15, 0.2) is 23.1 Å². The molecule has 0 atom stereocenters. The number of hydrogen-bond donors (Lipinski definition) is 1. The Hall–Kier alpha value is -2.71. The molecule has 2 aliphatic rings. The molecule has 1 amide bonds. The van der Waals surface area contributed by atoms with Gasteiger partial charge in [-0.1, -0.05) is 13.8 Å². The minimum atomic E-state index is -0.143. The van der Waals surface area contributed by atoms with E-state index in [-0.39, 0.29) is 17.5 Å². The van der Waals surface area contributed by atoms with Crippen LogP contribution in [0, 0.1) is 12.8 Å². The van der Waals surface area contributed by atoms with Gasteiger partial charge in [0.2, 0.25) is 0 Å². The smallest absolute Gasteiger partial charge is 0.259 e. The first-order valence-electron chi connectivity index (χ1n) is 12.1. The van der Waals surface area contributed by atoms with Gasteiger partial charge in [-0.25, -0.2) is 0 Å². The van der Waals surface area contributed by atoms with Gasteiger partial charge in [0.15, 0.2) is 0 Å². The van der Waals surface area contributed by atoms with Crippen molar-refractivity contribution in [1.29, 1.82) is 0 Å². The van der Waals surface area contributed by atoms with Gasteiger partial charge in [0, 0.05) is 56.9 Å². The van der Waals surface area contributed by atoms with Crippen molar-refractivity contribution in [3.05, 3.63) is 39.8 Å². The number of amides is 1. The van der Waals surface area contributed by atoms with Crippen molar-refractivity contribution >= 4 is 27.7 Å². The summed E-state index contributed by atoms with van der Waals surface area (Å²) < 4.78 is 7.50. The van der Waals surface area contributed by atoms with Crippen molar-refractivity contribution in [3.63, 3.8) is 0 Å². The number of piperazine rings is 1. The van der Waals surface area contributed by atoms with Crippen LogP contribution >= 0.6 is 0 Å². The highest BCUT2D eigenvalue weighted by Crippen LogP contribution is 2.30. The topological polar surface area (TPSA) is 83.5 Å². The van der Waals surface area contributed by atoms with Gasteiger partial charge in [-0.2, -0.15) is 5.10 Å². The van der Waals surface area contributed by atoms with E-state index in [0.717, 1.165) is 67.5 Å². The molecular weight excluding hydrogens is 418 g/mol. The molecule has 4 heterocycles. The fourth-order valence-corrected chi connectivity index (χ4v) is 5.25. The van der Waals surface area contributed by atoms with Crippen LogP contribution in [0.4, 0.5) is 0 Å². The van der Waals surface area contributed by atoms with Gasteiger partial charge >= 0.3 is 0 Å². The molecule has 8 heteroatoms. The Morgan fingerprint density at radius 3 is 2.58 bits per heavy atom. The summed E-state index contributed by atoms with van der Waals surface area (Å²) in [6.07, 6.45) is 3.38. The predicted molar refractivity (Wildman–Crippen MR) is 129 cm³/mol. The molecular formula is C25H33N5O3. The van der Waals surface area contributed by atoms with Crippen LogP contribution in [-0.2, 0) is 4.74 Å². The lowest BCUT2D eigenvalue weighted by Crippen LogP contribution is -2.49. The zero-order valence-corrected chi connectivity index (χ0v) is 19.8. The summed E-state index contributed by atoms with van der Waals surface area (Å²) in [5.74, 6) is 0.690. The van der Waals surface area contributed by atoms with E-state index in [0.29, 0.717) is 30.1 Å². The lowest BCUT2D eigenvalue weighted by Gasteiger charge is -2.35. The maximum Gasteiger partial charge on any atom is 0.259 e. The maximum absolute atomic E-state index is 13.5. The van der Waals surface area contributed by atoms with Crippen LogP contribution in [0.2, 0.25) is 0 Å². The van der Waals surface area contributed by atoms with Gasteiger partial charge in [-0.05, 0) is 43.4 Å². The number of nitrogens with one attached hydrogen (secondary N) is 1. The average Bonchev–Trinajstić information content (AvgIpc) is 3.25. The quantitative estimate of drug-likeness (QED) is 0.659. The van der Waals surface area contributed by atoms with E-state index in [9.17, 15) is 9.59 Å². The number of benzene rings is 1. The summed E-state index contributed by atoms with van der Waals surface area (Å²) in [6, 6.07) is 4.08. The molecule has 2 saturated heterocycles. The molecule has 0 aliphatic carbocycles. The summed E-state index contributed by atoms with van der Waals surface area (Å²) in [5, 5.41) is 6.03. The average molecular weight is 452 g/mol. The second-order valence-electron chi connectivity index (χ2n) is 9.85. The van der Waals surface area contributed by atoms with E-state index >= 15 is 0 Å².